The second-order valence-electron chi connectivity index (χ2n) is 7.52. The summed E-state index contributed by atoms with van der Waals surface area (Å²) < 4.78 is 1.75. The third-order valence-corrected chi connectivity index (χ3v) is 4.98. The molecule has 1 N–H and O–H groups in total. The average molecular weight is 380 g/mol. The fraction of sp³-hybridized carbons (Fsp3) is 0.409. The second-order valence-corrected chi connectivity index (χ2v) is 7.52. The molecule has 0 aliphatic rings. The van der Waals surface area contributed by atoms with Gasteiger partial charge in [0.05, 0.1) is 16.6 Å². The van der Waals surface area contributed by atoms with Gasteiger partial charge in [-0.25, -0.2) is 4.98 Å². The number of nitrogens with zero attached hydrogens (tertiary/aromatic N) is 4. The first-order chi connectivity index (χ1) is 13.4. The predicted molar refractivity (Wildman–Crippen MR) is 114 cm³/mol. The van der Waals surface area contributed by atoms with E-state index in [0.29, 0.717) is 12.1 Å². The number of rotatable bonds is 7. The molecule has 0 saturated carbocycles. The summed E-state index contributed by atoms with van der Waals surface area (Å²) in [4.78, 5) is 19.8. The van der Waals surface area contributed by atoms with E-state index in [0.717, 1.165) is 35.4 Å². The molecule has 3 aromatic rings. The van der Waals surface area contributed by atoms with Crippen molar-refractivity contribution in [1.29, 1.82) is 0 Å². The van der Waals surface area contributed by atoms with Crippen LogP contribution >= 0.6 is 0 Å². The van der Waals surface area contributed by atoms with Gasteiger partial charge in [0.15, 0.2) is 5.65 Å². The lowest BCUT2D eigenvalue weighted by Crippen LogP contribution is -2.28. The van der Waals surface area contributed by atoms with Crippen molar-refractivity contribution in [2.75, 3.05) is 25.0 Å². The van der Waals surface area contributed by atoms with Gasteiger partial charge in [0.25, 0.3) is 5.91 Å². The predicted octanol–water partition coefficient (Wildman–Crippen LogP) is 3.66. The van der Waals surface area contributed by atoms with Crippen LogP contribution in [0.5, 0.6) is 0 Å². The molecule has 6 nitrogen and oxygen atoms in total. The van der Waals surface area contributed by atoms with E-state index in [-0.39, 0.29) is 11.8 Å². The van der Waals surface area contributed by atoms with Gasteiger partial charge in [0.2, 0.25) is 0 Å². The van der Waals surface area contributed by atoms with Gasteiger partial charge in [-0.3, -0.25) is 9.48 Å². The van der Waals surface area contributed by atoms with Crippen LogP contribution in [0.4, 0.5) is 5.69 Å². The highest BCUT2D eigenvalue weighted by molar-refractivity contribution is 6.06. The van der Waals surface area contributed by atoms with Crippen molar-refractivity contribution in [3.8, 4) is 0 Å². The van der Waals surface area contributed by atoms with Gasteiger partial charge >= 0.3 is 0 Å². The largest absolute Gasteiger partial charge is 0.375 e. The van der Waals surface area contributed by atoms with Gasteiger partial charge in [-0.2, -0.15) is 5.10 Å². The highest BCUT2D eigenvalue weighted by Gasteiger charge is 2.19. The fourth-order valence-electron chi connectivity index (χ4n) is 3.36. The van der Waals surface area contributed by atoms with Crippen molar-refractivity contribution in [3.05, 3.63) is 53.3 Å². The minimum atomic E-state index is -0.0623. The highest BCUT2D eigenvalue weighted by Crippen LogP contribution is 2.24. The van der Waals surface area contributed by atoms with Crippen LogP contribution in [0.25, 0.3) is 11.0 Å². The molecule has 3 rings (SSSR count). The summed E-state index contributed by atoms with van der Waals surface area (Å²) in [7, 11) is 3.94. The minimum Gasteiger partial charge on any atom is -0.375 e. The van der Waals surface area contributed by atoms with Crippen molar-refractivity contribution in [2.24, 2.45) is 7.05 Å². The van der Waals surface area contributed by atoms with Gasteiger partial charge < -0.3 is 10.2 Å². The van der Waals surface area contributed by atoms with E-state index in [1.54, 1.807) is 4.68 Å². The molecule has 0 saturated heterocycles. The minimum absolute atomic E-state index is 0.0623. The third kappa shape index (κ3) is 4.16. The molecule has 0 aliphatic heterocycles. The number of carbonyl (C=O) groups is 1. The van der Waals surface area contributed by atoms with Crippen LogP contribution < -0.4 is 10.2 Å². The number of para-hydroxylation sites is 1. The molecule has 28 heavy (non-hydrogen) atoms. The van der Waals surface area contributed by atoms with Crippen molar-refractivity contribution in [3.63, 3.8) is 0 Å². The molecule has 6 heteroatoms. The van der Waals surface area contributed by atoms with E-state index >= 15 is 0 Å². The Morgan fingerprint density at radius 2 is 1.96 bits per heavy atom. The normalized spacial score (nSPS) is 11.2. The van der Waals surface area contributed by atoms with Crippen LogP contribution in [-0.4, -0.2) is 40.8 Å². The Morgan fingerprint density at radius 3 is 2.64 bits per heavy atom. The molecule has 1 amide bonds. The van der Waals surface area contributed by atoms with Gasteiger partial charge in [0, 0.05) is 38.6 Å². The Labute approximate surface area is 166 Å². The molecule has 0 unspecified atom stereocenters. The number of anilines is 1. The Morgan fingerprint density at radius 1 is 1.25 bits per heavy atom. The van der Waals surface area contributed by atoms with Crippen LogP contribution in [-0.2, 0) is 7.05 Å². The van der Waals surface area contributed by atoms with Gasteiger partial charge in [-0.15, -0.1) is 0 Å². The molecule has 0 spiro atoms. The summed E-state index contributed by atoms with van der Waals surface area (Å²) in [6, 6.07) is 12.2. The van der Waals surface area contributed by atoms with Gasteiger partial charge in [-0.05, 0) is 37.5 Å². The van der Waals surface area contributed by atoms with E-state index < -0.39 is 0 Å². The number of amides is 1. The van der Waals surface area contributed by atoms with Crippen LogP contribution in [0.3, 0.4) is 0 Å². The lowest BCUT2D eigenvalue weighted by Gasteiger charge is -2.19. The molecule has 0 bridgehead atoms. The van der Waals surface area contributed by atoms with Gasteiger partial charge in [0.1, 0.15) is 0 Å². The van der Waals surface area contributed by atoms with E-state index in [4.69, 9.17) is 4.98 Å². The van der Waals surface area contributed by atoms with Crippen molar-refractivity contribution >= 4 is 22.6 Å². The maximum Gasteiger partial charge on any atom is 0.252 e. The number of carbonyl (C=O) groups excluding carboxylic acids is 1. The van der Waals surface area contributed by atoms with E-state index in [1.165, 1.54) is 5.69 Å². The fourth-order valence-corrected chi connectivity index (χ4v) is 3.36. The Hall–Kier alpha value is -2.89. The summed E-state index contributed by atoms with van der Waals surface area (Å²) in [5.74, 6) is 0.179. The molecule has 2 heterocycles. The summed E-state index contributed by atoms with van der Waals surface area (Å²) in [6.45, 7) is 7.58. The lowest BCUT2D eigenvalue weighted by molar-refractivity contribution is 0.0955. The molecule has 2 aromatic heterocycles. The maximum atomic E-state index is 12.9. The topological polar surface area (TPSA) is 63.1 Å². The number of benzene rings is 1. The molecule has 0 aliphatic carbocycles. The Bertz CT molecular complexity index is 962. The van der Waals surface area contributed by atoms with Crippen molar-refractivity contribution < 1.29 is 4.79 Å². The molecule has 0 fully saturated rings. The summed E-state index contributed by atoms with van der Waals surface area (Å²) in [5, 5.41) is 8.36. The molecule has 1 aromatic carbocycles. The van der Waals surface area contributed by atoms with E-state index in [1.807, 2.05) is 38.2 Å². The zero-order valence-corrected chi connectivity index (χ0v) is 17.4. The zero-order valence-electron chi connectivity index (χ0n) is 17.4. The molecule has 0 atom stereocenters. The SMILES string of the molecule is Cc1nn(C)c2nc(C(C)C)cc(C(=O)NCCCN(C)c3ccccc3)c12. The number of fused-ring (bicyclic) bond motifs is 1. The second kappa shape index (κ2) is 8.42. The lowest BCUT2D eigenvalue weighted by atomic mass is 10.0. The highest BCUT2D eigenvalue weighted by atomic mass is 16.1. The quantitative estimate of drug-likeness (QED) is 0.637. The third-order valence-electron chi connectivity index (χ3n) is 4.98. The first kappa shape index (κ1) is 19.9. The van der Waals surface area contributed by atoms with Crippen LogP contribution in [0.1, 0.15) is 47.9 Å². The van der Waals surface area contributed by atoms with Crippen LogP contribution in [0.2, 0.25) is 0 Å². The molecule has 148 valence electrons. The molecular formula is C22H29N5O. The average Bonchev–Trinajstić information content (AvgIpc) is 2.98. The number of pyridine rings is 1. The number of aromatic nitrogens is 3. The number of hydrogen-bond acceptors (Lipinski definition) is 4. The van der Waals surface area contributed by atoms with Crippen LogP contribution in [0.15, 0.2) is 36.4 Å². The van der Waals surface area contributed by atoms with E-state index in [9.17, 15) is 4.79 Å². The maximum absolute atomic E-state index is 12.9. The van der Waals surface area contributed by atoms with Gasteiger partial charge in [-0.1, -0.05) is 32.0 Å². The smallest absolute Gasteiger partial charge is 0.252 e. The number of hydrogen-bond donors (Lipinski definition) is 1. The molecule has 0 radical (unpaired) electrons. The standard InChI is InChI=1S/C22H29N5O/c1-15(2)19-14-18(20-16(3)25-27(5)21(20)24-19)22(28)23-12-9-13-26(4)17-10-7-6-8-11-17/h6-8,10-11,14-15H,9,12-13H2,1-5H3,(H,23,28). The number of aryl methyl sites for hydroxylation is 2. The van der Waals surface area contributed by atoms with Crippen molar-refractivity contribution in [1.82, 2.24) is 20.1 Å². The summed E-state index contributed by atoms with van der Waals surface area (Å²) in [6.07, 6.45) is 0.869. The first-order valence-corrected chi connectivity index (χ1v) is 9.77. The molecular weight excluding hydrogens is 350 g/mol. The first-order valence-electron chi connectivity index (χ1n) is 9.77. The Kier molecular flexibility index (Phi) is 5.97. The van der Waals surface area contributed by atoms with Crippen molar-refractivity contribution in [2.45, 2.75) is 33.1 Å². The van der Waals surface area contributed by atoms with E-state index in [2.05, 4.69) is 48.3 Å². The zero-order chi connectivity index (χ0) is 20.3. The Balaban J connectivity index is 1.69. The number of nitrogens with one attached hydrogen (secondary N) is 1. The summed E-state index contributed by atoms with van der Waals surface area (Å²) >= 11 is 0. The van der Waals surface area contributed by atoms with Crippen LogP contribution in [0, 0.1) is 6.92 Å². The monoisotopic (exact) mass is 379 g/mol. The summed E-state index contributed by atoms with van der Waals surface area (Å²) in [5.41, 5.74) is 4.34.